The molecule has 0 amide bonds. The van der Waals surface area contributed by atoms with E-state index in [0.29, 0.717) is 3.70 Å². The maximum Gasteiger partial charge on any atom is 0.269 e. The minimum Gasteiger partial charge on any atom is -0.293 e. The summed E-state index contributed by atoms with van der Waals surface area (Å²) in [6, 6.07) is 9.70. The summed E-state index contributed by atoms with van der Waals surface area (Å²) in [4.78, 5) is 11.7. The quantitative estimate of drug-likeness (QED) is 0.599. The molecule has 0 N–H and O–H groups in total. The number of aromatic nitrogens is 1. The molecule has 0 aliphatic carbocycles. The molecule has 0 bridgehead atoms. The predicted molar refractivity (Wildman–Crippen MR) is 80.9 cm³/mol. The summed E-state index contributed by atoms with van der Waals surface area (Å²) in [5.41, 5.74) is 1.15. The van der Waals surface area contributed by atoms with Crippen LogP contribution in [0.5, 0.6) is 0 Å². The molecule has 19 heavy (non-hydrogen) atoms. The van der Waals surface area contributed by atoms with Gasteiger partial charge in [0.1, 0.15) is 5.69 Å². The molecule has 0 unspecified atom stereocenters. The van der Waals surface area contributed by atoms with Crippen LogP contribution in [0.3, 0.4) is 0 Å². The molecule has 100 valence electrons. The van der Waals surface area contributed by atoms with Crippen LogP contribution in [0, 0.1) is 10.6 Å². The molecule has 2 aromatic rings. The molecule has 0 fully saturated rings. The Bertz CT molecular complexity index is 730. The molecule has 0 radical (unpaired) electrons. The summed E-state index contributed by atoms with van der Waals surface area (Å²) in [5.74, 6) is -0.279. The monoisotopic (exact) mass is 389 g/mol. The molecule has 4 nitrogen and oxygen atoms in total. The van der Waals surface area contributed by atoms with E-state index in [1.807, 2.05) is 29.5 Å². The van der Waals surface area contributed by atoms with E-state index in [4.69, 9.17) is 0 Å². The summed E-state index contributed by atoms with van der Waals surface area (Å²) < 4.78 is 26.7. The fourth-order valence-corrected chi connectivity index (χ4v) is 4.37. The average molecular weight is 389 g/mol. The van der Waals surface area contributed by atoms with Crippen molar-refractivity contribution in [3.8, 4) is 0 Å². The standard InChI is InChI=1S/C13H12INO3S/c1-9-3-5-11(6-4-9)19(17,18)15-12(10(2)16)7-8-13(15)14/h3-8H,1-2H3. The van der Waals surface area contributed by atoms with E-state index in [1.165, 1.54) is 13.0 Å². The van der Waals surface area contributed by atoms with Crippen LogP contribution in [-0.2, 0) is 10.0 Å². The van der Waals surface area contributed by atoms with Crippen molar-refractivity contribution in [2.24, 2.45) is 0 Å². The Morgan fingerprint density at radius 3 is 2.21 bits per heavy atom. The normalized spacial score (nSPS) is 11.5. The highest BCUT2D eigenvalue weighted by molar-refractivity contribution is 14.1. The van der Waals surface area contributed by atoms with Gasteiger partial charge < -0.3 is 0 Å². The molecule has 0 atom stereocenters. The van der Waals surface area contributed by atoms with Crippen molar-refractivity contribution in [3.63, 3.8) is 0 Å². The summed E-state index contributed by atoms with van der Waals surface area (Å²) in [6.07, 6.45) is 0. The Hall–Kier alpha value is -1.15. The van der Waals surface area contributed by atoms with E-state index >= 15 is 0 Å². The van der Waals surface area contributed by atoms with E-state index in [1.54, 1.807) is 30.3 Å². The molecule has 2 rings (SSSR count). The van der Waals surface area contributed by atoms with Crippen molar-refractivity contribution in [1.82, 2.24) is 3.97 Å². The van der Waals surface area contributed by atoms with Gasteiger partial charge in [-0.1, -0.05) is 17.7 Å². The van der Waals surface area contributed by atoms with E-state index in [2.05, 4.69) is 0 Å². The number of rotatable bonds is 3. The van der Waals surface area contributed by atoms with Gasteiger partial charge in [0.25, 0.3) is 10.0 Å². The van der Waals surface area contributed by atoms with Crippen LogP contribution in [-0.4, -0.2) is 18.2 Å². The zero-order valence-corrected chi connectivity index (χ0v) is 13.4. The van der Waals surface area contributed by atoms with Crippen molar-refractivity contribution < 1.29 is 13.2 Å². The lowest BCUT2D eigenvalue weighted by Crippen LogP contribution is -2.18. The molecule has 0 saturated carbocycles. The minimum atomic E-state index is -3.73. The number of hydrogen-bond acceptors (Lipinski definition) is 3. The van der Waals surface area contributed by atoms with Crippen molar-refractivity contribution in [3.05, 3.63) is 51.4 Å². The number of carbonyl (C=O) groups is 1. The van der Waals surface area contributed by atoms with Gasteiger partial charge >= 0.3 is 0 Å². The van der Waals surface area contributed by atoms with Crippen LogP contribution < -0.4 is 0 Å². The third kappa shape index (κ3) is 2.59. The van der Waals surface area contributed by atoms with Crippen molar-refractivity contribution in [1.29, 1.82) is 0 Å². The van der Waals surface area contributed by atoms with Crippen molar-refractivity contribution in [2.75, 3.05) is 0 Å². The Morgan fingerprint density at radius 1 is 1.11 bits per heavy atom. The molecule has 0 aliphatic heterocycles. The molecule has 1 aromatic carbocycles. The fraction of sp³-hybridized carbons (Fsp3) is 0.154. The largest absolute Gasteiger partial charge is 0.293 e. The predicted octanol–water partition coefficient (Wildman–Crippen LogP) is 2.84. The summed E-state index contributed by atoms with van der Waals surface area (Å²) in [6.45, 7) is 3.24. The molecule has 1 heterocycles. The lowest BCUT2D eigenvalue weighted by molar-refractivity contribution is 0.101. The number of benzene rings is 1. The van der Waals surface area contributed by atoms with E-state index < -0.39 is 10.0 Å². The second kappa shape index (κ2) is 5.09. The third-order valence-electron chi connectivity index (χ3n) is 2.71. The van der Waals surface area contributed by atoms with Crippen molar-refractivity contribution in [2.45, 2.75) is 18.7 Å². The highest BCUT2D eigenvalue weighted by Crippen LogP contribution is 2.21. The molecule has 0 saturated heterocycles. The van der Waals surface area contributed by atoms with Gasteiger partial charge in [-0.25, -0.2) is 12.4 Å². The first-order valence-electron chi connectivity index (χ1n) is 5.54. The summed E-state index contributed by atoms with van der Waals surface area (Å²) >= 11 is 1.90. The number of halogens is 1. The SMILES string of the molecule is CC(=O)c1ccc(I)n1S(=O)(=O)c1ccc(C)cc1. The van der Waals surface area contributed by atoms with Crippen LogP contribution in [0.4, 0.5) is 0 Å². The first-order valence-corrected chi connectivity index (χ1v) is 8.06. The molecular formula is C13H12INO3S. The second-order valence-electron chi connectivity index (χ2n) is 4.18. The lowest BCUT2D eigenvalue weighted by Gasteiger charge is -2.10. The summed E-state index contributed by atoms with van der Waals surface area (Å²) in [7, 11) is -3.73. The molecule has 1 aromatic heterocycles. The molecular weight excluding hydrogens is 377 g/mol. The molecule has 6 heteroatoms. The van der Waals surface area contributed by atoms with Gasteiger partial charge in [-0.2, -0.15) is 0 Å². The third-order valence-corrected chi connectivity index (χ3v) is 5.62. The van der Waals surface area contributed by atoms with Gasteiger partial charge in [0.2, 0.25) is 0 Å². The number of Topliss-reactive ketones (excluding diaryl/α,β-unsaturated/α-hetero) is 1. The number of ketones is 1. The number of aryl methyl sites for hydroxylation is 1. The Balaban J connectivity index is 2.66. The Labute approximate surface area is 125 Å². The Kier molecular flexibility index (Phi) is 3.82. The summed E-state index contributed by atoms with van der Waals surface area (Å²) in [5, 5.41) is 0. The van der Waals surface area contributed by atoms with Gasteiger partial charge in [-0.15, -0.1) is 0 Å². The first kappa shape index (κ1) is 14.3. The smallest absolute Gasteiger partial charge is 0.269 e. The van der Waals surface area contributed by atoms with Crippen LogP contribution in [0.15, 0.2) is 41.3 Å². The van der Waals surface area contributed by atoms with Crippen LogP contribution in [0.2, 0.25) is 0 Å². The molecule has 0 spiro atoms. The van der Waals surface area contributed by atoms with Gasteiger partial charge in [-0.3, -0.25) is 4.79 Å². The van der Waals surface area contributed by atoms with Crippen LogP contribution in [0.25, 0.3) is 0 Å². The number of hydrogen-bond donors (Lipinski definition) is 0. The second-order valence-corrected chi connectivity index (χ2v) is 7.07. The van der Waals surface area contributed by atoms with E-state index in [0.717, 1.165) is 9.54 Å². The van der Waals surface area contributed by atoms with Gasteiger partial charge in [-0.05, 0) is 53.8 Å². The Morgan fingerprint density at radius 2 is 1.68 bits per heavy atom. The topological polar surface area (TPSA) is 56.1 Å². The van der Waals surface area contributed by atoms with E-state index in [9.17, 15) is 13.2 Å². The maximum absolute atomic E-state index is 12.6. The average Bonchev–Trinajstić information content (AvgIpc) is 2.72. The highest BCUT2D eigenvalue weighted by Gasteiger charge is 2.23. The molecule has 0 aliphatic rings. The fourth-order valence-electron chi connectivity index (χ4n) is 1.72. The first-order chi connectivity index (χ1) is 8.84. The van der Waals surface area contributed by atoms with Gasteiger partial charge in [0.05, 0.1) is 8.60 Å². The lowest BCUT2D eigenvalue weighted by atomic mass is 10.2. The van der Waals surface area contributed by atoms with Crippen LogP contribution in [0.1, 0.15) is 23.0 Å². The van der Waals surface area contributed by atoms with Gasteiger partial charge in [0, 0.05) is 6.92 Å². The zero-order chi connectivity index (χ0) is 14.2. The zero-order valence-electron chi connectivity index (χ0n) is 10.4. The maximum atomic E-state index is 12.6. The highest BCUT2D eigenvalue weighted by atomic mass is 127. The number of carbonyl (C=O) groups excluding carboxylic acids is 1. The number of nitrogens with zero attached hydrogens (tertiary/aromatic N) is 1. The van der Waals surface area contributed by atoms with Crippen molar-refractivity contribution >= 4 is 38.4 Å². The van der Waals surface area contributed by atoms with Gasteiger partial charge in [0.15, 0.2) is 5.78 Å². The van der Waals surface area contributed by atoms with Crippen LogP contribution >= 0.6 is 22.6 Å². The minimum absolute atomic E-state index is 0.171. The van der Waals surface area contributed by atoms with E-state index in [-0.39, 0.29) is 16.4 Å².